The molecule has 0 radical (unpaired) electrons. The molecule has 0 amide bonds. The minimum atomic E-state index is -2.87. The third-order valence-electron chi connectivity index (χ3n) is 3.33. The molecule has 0 aliphatic carbocycles. The molecule has 0 saturated heterocycles. The lowest BCUT2D eigenvalue weighted by Gasteiger charge is -2.06. The number of thioether (sulfide) groups is 1. The Morgan fingerprint density at radius 1 is 1.23 bits per heavy atom. The van der Waals surface area contributed by atoms with Crippen molar-refractivity contribution in [2.24, 2.45) is 0 Å². The molecule has 3 rings (SSSR count). The lowest BCUT2D eigenvalue weighted by molar-refractivity contribution is -0.0498. The predicted molar refractivity (Wildman–Crippen MR) is 90.2 cm³/mol. The number of halogens is 2. The van der Waals surface area contributed by atoms with Crippen LogP contribution in [0.15, 0.2) is 33.9 Å². The van der Waals surface area contributed by atoms with Crippen LogP contribution in [0.5, 0.6) is 5.75 Å². The van der Waals surface area contributed by atoms with E-state index in [1.54, 1.807) is 12.1 Å². The zero-order valence-electron chi connectivity index (χ0n) is 14.0. The van der Waals surface area contributed by atoms with Gasteiger partial charge < -0.3 is 15.1 Å². The van der Waals surface area contributed by atoms with Crippen molar-refractivity contribution >= 4 is 11.8 Å². The molecule has 0 saturated carbocycles. The summed E-state index contributed by atoms with van der Waals surface area (Å²) in [5.41, 5.74) is 0.619. The molecule has 0 unspecified atom stereocenters. The highest BCUT2D eigenvalue weighted by Crippen LogP contribution is 2.26. The number of hydrogen-bond donors (Lipinski definition) is 1. The lowest BCUT2D eigenvalue weighted by atomic mass is 10.2. The van der Waals surface area contributed by atoms with Gasteiger partial charge in [-0.05, 0) is 24.3 Å². The average molecular weight is 382 g/mol. The summed E-state index contributed by atoms with van der Waals surface area (Å²) in [7, 11) is 0. The normalized spacial score (nSPS) is 11.5. The number of ether oxygens (including phenoxy) is 1. The maximum Gasteiger partial charge on any atom is 0.387 e. The zero-order chi connectivity index (χ0) is 18.7. The van der Waals surface area contributed by atoms with Gasteiger partial charge in [-0.3, -0.25) is 0 Å². The summed E-state index contributed by atoms with van der Waals surface area (Å²) in [4.78, 5) is 4.28. The number of alkyl halides is 2. The van der Waals surface area contributed by atoms with Crippen molar-refractivity contribution in [3.8, 4) is 17.1 Å². The number of hydrogen-bond acceptors (Lipinski definition) is 8. The molecular weight excluding hydrogens is 366 g/mol. The Morgan fingerprint density at radius 3 is 2.58 bits per heavy atom. The van der Waals surface area contributed by atoms with Gasteiger partial charge in [-0.1, -0.05) is 30.8 Å². The van der Waals surface area contributed by atoms with Crippen LogP contribution in [0.1, 0.15) is 31.5 Å². The second-order valence-electron chi connectivity index (χ2n) is 5.57. The van der Waals surface area contributed by atoms with E-state index >= 15 is 0 Å². The van der Waals surface area contributed by atoms with E-state index in [2.05, 4.69) is 25.1 Å². The van der Waals surface area contributed by atoms with Gasteiger partial charge in [0, 0.05) is 11.5 Å². The molecule has 0 atom stereocenters. The first-order chi connectivity index (χ1) is 12.4. The first-order valence-corrected chi connectivity index (χ1v) is 8.63. The summed E-state index contributed by atoms with van der Waals surface area (Å²) in [6.45, 7) is 1.08. The highest BCUT2D eigenvalue weighted by molar-refractivity contribution is 7.98. The quantitative estimate of drug-likeness (QED) is 0.491. The van der Waals surface area contributed by atoms with E-state index in [0.717, 1.165) is 0 Å². The molecule has 2 aromatic heterocycles. The van der Waals surface area contributed by atoms with Crippen molar-refractivity contribution in [3.63, 3.8) is 0 Å². The number of rotatable bonds is 7. The van der Waals surface area contributed by atoms with Gasteiger partial charge in [0.1, 0.15) is 5.75 Å². The fraction of sp³-hybridized carbons (Fsp3) is 0.333. The van der Waals surface area contributed by atoms with Crippen LogP contribution >= 0.6 is 11.8 Å². The highest BCUT2D eigenvalue weighted by Gasteiger charge is 2.15. The Kier molecular flexibility index (Phi) is 5.35. The van der Waals surface area contributed by atoms with Crippen LogP contribution in [0.4, 0.5) is 8.78 Å². The molecule has 26 heavy (non-hydrogen) atoms. The zero-order valence-corrected chi connectivity index (χ0v) is 14.8. The molecular formula is C15H16F2N6O2S. The van der Waals surface area contributed by atoms with Gasteiger partial charge in [0.05, 0.1) is 5.75 Å². The molecule has 0 spiro atoms. The van der Waals surface area contributed by atoms with Crippen molar-refractivity contribution in [2.45, 2.75) is 37.3 Å². The first-order valence-electron chi connectivity index (χ1n) is 7.65. The van der Waals surface area contributed by atoms with Crippen LogP contribution in [0.3, 0.4) is 0 Å². The molecule has 2 N–H and O–H groups in total. The van der Waals surface area contributed by atoms with Crippen molar-refractivity contribution in [3.05, 3.63) is 36.0 Å². The third kappa shape index (κ3) is 4.10. The molecule has 3 aromatic rings. The van der Waals surface area contributed by atoms with Crippen LogP contribution in [-0.2, 0) is 5.75 Å². The Hall–Kier alpha value is -2.69. The molecule has 0 aliphatic heterocycles. The van der Waals surface area contributed by atoms with Gasteiger partial charge in [-0.15, -0.1) is 10.2 Å². The van der Waals surface area contributed by atoms with E-state index < -0.39 is 6.61 Å². The van der Waals surface area contributed by atoms with Gasteiger partial charge in [0.2, 0.25) is 11.0 Å². The number of benzene rings is 1. The topological polar surface area (TPSA) is 105 Å². The summed E-state index contributed by atoms with van der Waals surface area (Å²) >= 11 is 1.30. The Balaban J connectivity index is 1.69. The molecule has 0 fully saturated rings. The summed E-state index contributed by atoms with van der Waals surface area (Å²) in [6.07, 6.45) is 0. The average Bonchev–Trinajstić information content (AvgIpc) is 3.20. The molecule has 1 aromatic carbocycles. The molecule has 8 nitrogen and oxygen atoms in total. The highest BCUT2D eigenvalue weighted by atomic mass is 32.2. The smallest absolute Gasteiger partial charge is 0.387 e. The lowest BCUT2D eigenvalue weighted by Crippen LogP contribution is -2.11. The summed E-state index contributed by atoms with van der Waals surface area (Å²) < 4.78 is 35.2. The Morgan fingerprint density at radius 2 is 1.96 bits per heavy atom. The standard InChI is InChI=1S/C15H16F2N6O2S/c1-8(2)12-19-11(25-22-12)7-26-15-21-20-13(23(15)18)9-3-5-10(6-4-9)24-14(16)17/h3-6,8,14H,7,18H2,1-2H3. The molecule has 138 valence electrons. The molecule has 0 aliphatic rings. The maximum absolute atomic E-state index is 12.2. The van der Waals surface area contributed by atoms with Crippen LogP contribution < -0.4 is 10.6 Å². The van der Waals surface area contributed by atoms with E-state index in [0.29, 0.717) is 34.0 Å². The van der Waals surface area contributed by atoms with Crippen molar-refractivity contribution in [1.82, 2.24) is 25.0 Å². The number of nitrogens with two attached hydrogens (primary N) is 1. The van der Waals surface area contributed by atoms with E-state index in [9.17, 15) is 8.78 Å². The summed E-state index contributed by atoms with van der Waals surface area (Å²) in [6, 6.07) is 5.97. The van der Waals surface area contributed by atoms with Gasteiger partial charge in [0.25, 0.3) is 0 Å². The Bertz CT molecular complexity index is 865. The van der Waals surface area contributed by atoms with Gasteiger partial charge in [0.15, 0.2) is 11.6 Å². The number of nitrogens with zero attached hydrogens (tertiary/aromatic N) is 5. The second-order valence-corrected chi connectivity index (χ2v) is 6.51. The van der Waals surface area contributed by atoms with Gasteiger partial charge >= 0.3 is 6.61 Å². The van der Waals surface area contributed by atoms with Gasteiger partial charge in [-0.25, -0.2) is 4.68 Å². The van der Waals surface area contributed by atoms with E-state index in [1.807, 2.05) is 13.8 Å². The monoisotopic (exact) mass is 382 g/mol. The summed E-state index contributed by atoms with van der Waals surface area (Å²) in [5.74, 6) is 8.16. The van der Waals surface area contributed by atoms with E-state index in [4.69, 9.17) is 10.4 Å². The van der Waals surface area contributed by atoms with Crippen LogP contribution in [0.2, 0.25) is 0 Å². The van der Waals surface area contributed by atoms with Crippen molar-refractivity contribution in [2.75, 3.05) is 5.84 Å². The van der Waals surface area contributed by atoms with E-state index in [1.165, 1.54) is 28.6 Å². The SMILES string of the molecule is CC(C)c1noc(CSc2nnc(-c3ccc(OC(F)F)cc3)n2N)n1. The first kappa shape index (κ1) is 18.1. The molecule has 11 heteroatoms. The predicted octanol–water partition coefficient (Wildman–Crippen LogP) is 3.06. The number of nitrogen functional groups attached to an aromatic ring is 1. The fourth-order valence-electron chi connectivity index (χ4n) is 2.05. The van der Waals surface area contributed by atoms with Crippen LogP contribution in [0, 0.1) is 0 Å². The number of aromatic nitrogens is 5. The summed E-state index contributed by atoms with van der Waals surface area (Å²) in [5, 5.41) is 12.4. The second kappa shape index (κ2) is 7.68. The Labute approximate surface area is 151 Å². The maximum atomic E-state index is 12.2. The molecule has 2 heterocycles. The van der Waals surface area contributed by atoms with E-state index in [-0.39, 0.29) is 11.7 Å². The minimum absolute atomic E-state index is 0.0544. The fourth-order valence-corrected chi connectivity index (χ4v) is 2.74. The molecule has 0 bridgehead atoms. The van der Waals surface area contributed by atoms with Crippen molar-refractivity contribution in [1.29, 1.82) is 0 Å². The third-order valence-corrected chi connectivity index (χ3v) is 4.25. The van der Waals surface area contributed by atoms with Crippen LogP contribution in [-0.4, -0.2) is 31.6 Å². The van der Waals surface area contributed by atoms with Crippen molar-refractivity contribution < 1.29 is 18.0 Å². The minimum Gasteiger partial charge on any atom is -0.435 e. The van der Waals surface area contributed by atoms with Crippen LogP contribution in [0.25, 0.3) is 11.4 Å². The van der Waals surface area contributed by atoms with Gasteiger partial charge in [-0.2, -0.15) is 13.8 Å². The largest absolute Gasteiger partial charge is 0.435 e.